The van der Waals surface area contributed by atoms with E-state index in [9.17, 15) is 0 Å². The van der Waals surface area contributed by atoms with Gasteiger partial charge in [-0.05, 0) is 31.4 Å². The Balaban J connectivity index is 1.42. The van der Waals surface area contributed by atoms with Gasteiger partial charge in [0.15, 0.2) is 5.96 Å². The van der Waals surface area contributed by atoms with Crippen LogP contribution in [0.1, 0.15) is 28.3 Å². The van der Waals surface area contributed by atoms with E-state index in [1.165, 1.54) is 17.7 Å². The van der Waals surface area contributed by atoms with E-state index in [1.807, 2.05) is 12.4 Å². The predicted molar refractivity (Wildman–Crippen MR) is 104 cm³/mol. The molecule has 0 unspecified atom stereocenters. The molecule has 0 bridgehead atoms. The third-order valence-corrected chi connectivity index (χ3v) is 5.20. The fourth-order valence-electron chi connectivity index (χ4n) is 2.87. The molecular weight excluding hydrogens is 332 g/mol. The van der Waals surface area contributed by atoms with Crippen LogP contribution in [0.25, 0.3) is 0 Å². The van der Waals surface area contributed by atoms with Crippen molar-refractivity contribution in [3.63, 3.8) is 0 Å². The summed E-state index contributed by atoms with van der Waals surface area (Å²) in [6.07, 6.45) is 7.32. The molecule has 6 nitrogen and oxygen atoms in total. The molecule has 2 aromatic heterocycles. The van der Waals surface area contributed by atoms with E-state index in [0.717, 1.165) is 48.4 Å². The normalized spacial score (nSPS) is 14.8. The lowest BCUT2D eigenvalue weighted by atomic mass is 10.3. The number of nitrogens with zero attached hydrogens (tertiary/aromatic N) is 4. The van der Waals surface area contributed by atoms with Gasteiger partial charge in [-0.25, -0.2) is 9.97 Å². The van der Waals surface area contributed by atoms with Crippen LogP contribution < -0.4 is 15.5 Å². The van der Waals surface area contributed by atoms with Crippen LogP contribution in [0.4, 0.5) is 5.82 Å². The van der Waals surface area contributed by atoms with E-state index in [0.29, 0.717) is 6.54 Å². The van der Waals surface area contributed by atoms with Crippen LogP contribution >= 0.6 is 11.3 Å². The highest BCUT2D eigenvalue weighted by molar-refractivity contribution is 7.11. The van der Waals surface area contributed by atoms with E-state index < -0.39 is 0 Å². The molecule has 1 aliphatic rings. The minimum atomic E-state index is 0.712. The summed E-state index contributed by atoms with van der Waals surface area (Å²) >= 11 is 1.75. The Morgan fingerprint density at radius 3 is 2.68 bits per heavy atom. The van der Waals surface area contributed by atoms with Crippen molar-refractivity contribution in [3.05, 3.63) is 40.0 Å². The SMILES string of the molecule is CN=C(NCCc1ncc(C)s1)NCc1ccc(N2CCCC2)nc1. The quantitative estimate of drug-likeness (QED) is 0.613. The number of aliphatic imine (C=N–C) groups is 1. The van der Waals surface area contributed by atoms with Crippen LogP contribution in [0.2, 0.25) is 0 Å². The van der Waals surface area contributed by atoms with Crippen molar-refractivity contribution < 1.29 is 0 Å². The van der Waals surface area contributed by atoms with Gasteiger partial charge >= 0.3 is 0 Å². The highest BCUT2D eigenvalue weighted by Gasteiger charge is 2.12. The zero-order valence-corrected chi connectivity index (χ0v) is 15.8. The summed E-state index contributed by atoms with van der Waals surface area (Å²) in [6.45, 7) is 5.86. The topological polar surface area (TPSA) is 65.4 Å². The molecule has 0 atom stereocenters. The maximum absolute atomic E-state index is 4.59. The largest absolute Gasteiger partial charge is 0.357 e. The monoisotopic (exact) mass is 358 g/mol. The lowest BCUT2D eigenvalue weighted by Gasteiger charge is -2.16. The molecule has 1 fully saturated rings. The highest BCUT2D eigenvalue weighted by atomic mass is 32.1. The molecule has 134 valence electrons. The number of guanidine groups is 1. The van der Waals surface area contributed by atoms with E-state index >= 15 is 0 Å². The number of hydrogen-bond donors (Lipinski definition) is 2. The standard InChI is InChI=1S/C18H26N6S/c1-14-11-22-17(25-14)7-8-20-18(19-2)23-13-15-5-6-16(21-12-15)24-9-3-4-10-24/h5-6,11-12H,3-4,7-10,13H2,1-2H3,(H2,19,20,23). The molecule has 0 saturated carbocycles. The van der Waals surface area contributed by atoms with Gasteiger partial charge in [0.25, 0.3) is 0 Å². The van der Waals surface area contributed by atoms with E-state index in [2.05, 4.69) is 49.6 Å². The Bertz CT molecular complexity index is 688. The average Bonchev–Trinajstić information content (AvgIpc) is 3.30. The van der Waals surface area contributed by atoms with Crippen molar-refractivity contribution in [2.75, 3.05) is 31.6 Å². The minimum Gasteiger partial charge on any atom is -0.357 e. The predicted octanol–water partition coefficient (Wildman–Crippen LogP) is 2.35. The number of aromatic nitrogens is 2. The Morgan fingerprint density at radius 2 is 2.04 bits per heavy atom. The number of anilines is 1. The summed E-state index contributed by atoms with van der Waals surface area (Å²) in [5, 5.41) is 7.82. The molecule has 0 amide bonds. The van der Waals surface area contributed by atoms with Gasteiger partial charge in [0, 0.05) is 56.9 Å². The van der Waals surface area contributed by atoms with Gasteiger partial charge in [-0.1, -0.05) is 6.07 Å². The fraction of sp³-hybridized carbons (Fsp3) is 0.500. The van der Waals surface area contributed by atoms with Crippen LogP contribution in [0, 0.1) is 6.92 Å². The third kappa shape index (κ3) is 5.16. The molecule has 0 aromatic carbocycles. The smallest absolute Gasteiger partial charge is 0.191 e. The number of nitrogens with one attached hydrogen (secondary N) is 2. The van der Waals surface area contributed by atoms with Crippen LogP contribution in [0.15, 0.2) is 29.5 Å². The van der Waals surface area contributed by atoms with Crippen LogP contribution in [0.3, 0.4) is 0 Å². The third-order valence-electron chi connectivity index (χ3n) is 4.22. The summed E-state index contributed by atoms with van der Waals surface area (Å²) in [5.74, 6) is 1.89. The minimum absolute atomic E-state index is 0.712. The van der Waals surface area contributed by atoms with E-state index in [4.69, 9.17) is 0 Å². The number of aryl methyl sites for hydroxylation is 1. The molecule has 25 heavy (non-hydrogen) atoms. The molecule has 1 saturated heterocycles. The zero-order chi connectivity index (χ0) is 17.5. The molecule has 3 rings (SSSR count). The molecule has 0 aliphatic carbocycles. The van der Waals surface area contributed by atoms with E-state index in [1.54, 1.807) is 18.4 Å². The fourth-order valence-corrected chi connectivity index (χ4v) is 3.65. The van der Waals surface area contributed by atoms with Crippen molar-refractivity contribution in [1.29, 1.82) is 0 Å². The molecule has 2 aromatic rings. The first kappa shape index (κ1) is 17.7. The molecule has 0 spiro atoms. The molecule has 0 radical (unpaired) electrons. The van der Waals surface area contributed by atoms with Gasteiger partial charge in [-0.2, -0.15) is 0 Å². The van der Waals surface area contributed by atoms with Crippen LogP contribution in [-0.2, 0) is 13.0 Å². The Kier molecular flexibility index (Phi) is 6.22. The number of hydrogen-bond acceptors (Lipinski definition) is 5. The van der Waals surface area contributed by atoms with Crippen molar-refractivity contribution >= 4 is 23.1 Å². The summed E-state index contributed by atoms with van der Waals surface area (Å²) in [7, 11) is 1.79. The highest BCUT2D eigenvalue weighted by Crippen LogP contribution is 2.17. The lowest BCUT2D eigenvalue weighted by Crippen LogP contribution is -2.37. The summed E-state index contributed by atoms with van der Waals surface area (Å²) in [5.41, 5.74) is 1.15. The Morgan fingerprint density at radius 1 is 1.20 bits per heavy atom. The maximum Gasteiger partial charge on any atom is 0.191 e. The van der Waals surface area contributed by atoms with Crippen molar-refractivity contribution in [2.45, 2.75) is 32.7 Å². The van der Waals surface area contributed by atoms with Gasteiger partial charge in [0.2, 0.25) is 0 Å². The van der Waals surface area contributed by atoms with Gasteiger partial charge in [0.1, 0.15) is 5.82 Å². The average molecular weight is 359 g/mol. The van der Waals surface area contributed by atoms with Crippen LogP contribution in [0.5, 0.6) is 0 Å². The lowest BCUT2D eigenvalue weighted by molar-refractivity contribution is 0.789. The molecule has 1 aliphatic heterocycles. The Hall–Kier alpha value is -2.15. The first-order valence-corrected chi connectivity index (χ1v) is 9.62. The van der Waals surface area contributed by atoms with Crippen molar-refractivity contribution in [2.24, 2.45) is 4.99 Å². The zero-order valence-electron chi connectivity index (χ0n) is 15.0. The molecule has 2 N–H and O–H groups in total. The van der Waals surface area contributed by atoms with Gasteiger partial charge in [0.05, 0.1) is 5.01 Å². The first-order valence-electron chi connectivity index (χ1n) is 8.80. The van der Waals surface area contributed by atoms with Crippen LogP contribution in [-0.4, -0.2) is 42.6 Å². The van der Waals surface area contributed by atoms with Gasteiger partial charge < -0.3 is 15.5 Å². The second-order valence-corrected chi connectivity index (χ2v) is 7.51. The summed E-state index contributed by atoms with van der Waals surface area (Å²) < 4.78 is 0. The molecule has 7 heteroatoms. The molecule has 3 heterocycles. The number of pyridine rings is 1. The summed E-state index contributed by atoms with van der Waals surface area (Å²) in [6, 6.07) is 4.25. The van der Waals surface area contributed by atoms with Crippen molar-refractivity contribution in [3.8, 4) is 0 Å². The second-order valence-electron chi connectivity index (χ2n) is 6.19. The second kappa shape index (κ2) is 8.80. The van der Waals surface area contributed by atoms with E-state index in [-0.39, 0.29) is 0 Å². The van der Waals surface area contributed by atoms with Crippen molar-refractivity contribution in [1.82, 2.24) is 20.6 Å². The Labute approximate surface area is 153 Å². The van der Waals surface area contributed by atoms with Gasteiger partial charge in [-0.15, -0.1) is 11.3 Å². The summed E-state index contributed by atoms with van der Waals surface area (Å²) in [4.78, 5) is 16.8. The number of thiazole rings is 1. The molecular formula is C18H26N6S. The van der Waals surface area contributed by atoms with Gasteiger partial charge in [-0.3, -0.25) is 4.99 Å². The maximum atomic E-state index is 4.59. The number of rotatable bonds is 6. The first-order chi connectivity index (χ1) is 12.2.